The van der Waals surface area contributed by atoms with Crippen LogP contribution in [-0.2, 0) is 19.8 Å². The predicted molar refractivity (Wildman–Crippen MR) is 103 cm³/mol. The maximum Gasteiger partial charge on any atom is 0.315 e. The number of piperidine rings is 1. The lowest BCUT2D eigenvalue weighted by molar-refractivity contribution is -0.143. The number of carbonyl (C=O) groups is 3. The number of amides is 2. The van der Waals surface area contributed by atoms with Crippen molar-refractivity contribution in [3.05, 3.63) is 35.9 Å². The number of nitrogens with zero attached hydrogens (tertiary/aromatic N) is 1. The Morgan fingerprint density at radius 2 is 1.96 bits per heavy atom. The van der Waals surface area contributed by atoms with E-state index in [1.807, 2.05) is 19.9 Å². The van der Waals surface area contributed by atoms with Crippen LogP contribution in [0.15, 0.2) is 30.3 Å². The molecule has 0 aromatic heterocycles. The molecule has 0 saturated carbocycles. The van der Waals surface area contributed by atoms with Crippen molar-refractivity contribution in [2.24, 2.45) is 11.8 Å². The molecule has 0 spiro atoms. The summed E-state index contributed by atoms with van der Waals surface area (Å²) in [6.07, 6.45) is 2.28. The molecule has 3 unspecified atom stereocenters. The molecule has 2 amide bonds. The highest BCUT2D eigenvalue weighted by molar-refractivity contribution is 5.85. The van der Waals surface area contributed by atoms with Gasteiger partial charge in [0, 0.05) is 25.6 Å². The molecule has 148 valence electrons. The maximum absolute atomic E-state index is 12.7. The Labute approximate surface area is 160 Å². The third kappa shape index (κ3) is 4.87. The average molecular weight is 374 g/mol. The summed E-state index contributed by atoms with van der Waals surface area (Å²) in [6, 6.07) is 8.92. The third-order valence-electron chi connectivity index (χ3n) is 5.64. The van der Waals surface area contributed by atoms with Crippen molar-refractivity contribution in [1.82, 2.24) is 10.2 Å². The summed E-state index contributed by atoms with van der Waals surface area (Å²) < 4.78 is 0. The smallest absolute Gasteiger partial charge is 0.315 e. The molecule has 1 fully saturated rings. The van der Waals surface area contributed by atoms with Crippen LogP contribution in [-0.4, -0.2) is 47.4 Å². The number of aliphatic carboxylic acids is 1. The van der Waals surface area contributed by atoms with Crippen LogP contribution in [0.3, 0.4) is 0 Å². The number of likely N-dealkylation sites (tertiary alicyclic amines) is 1. The molecule has 27 heavy (non-hydrogen) atoms. The van der Waals surface area contributed by atoms with Crippen molar-refractivity contribution in [3.8, 4) is 0 Å². The highest BCUT2D eigenvalue weighted by Gasteiger charge is 2.37. The number of rotatable bonds is 7. The van der Waals surface area contributed by atoms with E-state index < -0.39 is 11.4 Å². The minimum atomic E-state index is -1.20. The van der Waals surface area contributed by atoms with Gasteiger partial charge < -0.3 is 15.3 Å². The quantitative estimate of drug-likeness (QED) is 0.767. The summed E-state index contributed by atoms with van der Waals surface area (Å²) >= 11 is 0. The fourth-order valence-corrected chi connectivity index (χ4v) is 3.39. The zero-order valence-electron chi connectivity index (χ0n) is 16.4. The van der Waals surface area contributed by atoms with Crippen LogP contribution in [0, 0.1) is 11.8 Å². The zero-order chi connectivity index (χ0) is 20.0. The van der Waals surface area contributed by atoms with Crippen LogP contribution in [0.1, 0.15) is 45.6 Å². The van der Waals surface area contributed by atoms with Gasteiger partial charge in [-0.1, -0.05) is 44.2 Å². The van der Waals surface area contributed by atoms with Crippen molar-refractivity contribution in [2.45, 2.75) is 45.4 Å². The van der Waals surface area contributed by atoms with E-state index in [-0.39, 0.29) is 30.2 Å². The zero-order valence-corrected chi connectivity index (χ0v) is 16.4. The molecule has 2 rings (SSSR count). The van der Waals surface area contributed by atoms with Crippen LogP contribution < -0.4 is 5.32 Å². The lowest BCUT2D eigenvalue weighted by Gasteiger charge is -2.34. The van der Waals surface area contributed by atoms with E-state index in [2.05, 4.69) is 5.32 Å². The highest BCUT2D eigenvalue weighted by Crippen LogP contribution is 2.24. The summed E-state index contributed by atoms with van der Waals surface area (Å²) in [5.41, 5.74) is -0.548. The largest absolute Gasteiger partial charge is 0.481 e. The molecule has 1 aliphatic heterocycles. The first-order valence-corrected chi connectivity index (χ1v) is 9.65. The van der Waals surface area contributed by atoms with Crippen LogP contribution in [0.5, 0.6) is 0 Å². The first-order valence-electron chi connectivity index (χ1n) is 9.65. The summed E-state index contributed by atoms with van der Waals surface area (Å²) in [6.45, 7) is 6.61. The van der Waals surface area contributed by atoms with E-state index in [0.717, 1.165) is 12.8 Å². The van der Waals surface area contributed by atoms with Crippen molar-refractivity contribution in [3.63, 3.8) is 0 Å². The lowest BCUT2D eigenvalue weighted by atomic mass is 9.82. The lowest BCUT2D eigenvalue weighted by Crippen LogP contribution is -2.50. The van der Waals surface area contributed by atoms with Crippen molar-refractivity contribution in [1.29, 1.82) is 0 Å². The molecular formula is C21H30N2O4. The molecule has 0 radical (unpaired) electrons. The Bertz CT molecular complexity index is 676. The molecule has 1 saturated heterocycles. The fourth-order valence-electron chi connectivity index (χ4n) is 3.39. The molecule has 0 aliphatic carbocycles. The minimum absolute atomic E-state index is 0.0149. The standard InChI is InChI=1S/C21H30N2O4/c1-4-15(2)19(25)23-12-8-9-16(13-23)18(24)22-14-21(3,20(26)27)17-10-6-5-7-11-17/h5-7,10-11,15-16H,4,8-9,12-14H2,1-3H3,(H,22,24)(H,26,27). The Morgan fingerprint density at radius 1 is 1.30 bits per heavy atom. The molecule has 2 N–H and O–H groups in total. The average Bonchev–Trinajstić information content (AvgIpc) is 2.71. The van der Waals surface area contributed by atoms with Gasteiger partial charge in [0.25, 0.3) is 0 Å². The van der Waals surface area contributed by atoms with Crippen molar-refractivity contribution < 1.29 is 19.5 Å². The first-order chi connectivity index (χ1) is 12.8. The number of hydrogen-bond acceptors (Lipinski definition) is 3. The predicted octanol–water partition coefficient (Wildman–Crippen LogP) is 2.43. The van der Waals surface area contributed by atoms with E-state index in [1.165, 1.54) is 0 Å². The number of carbonyl (C=O) groups excluding carboxylic acids is 2. The van der Waals surface area contributed by atoms with Gasteiger partial charge in [-0.3, -0.25) is 14.4 Å². The van der Waals surface area contributed by atoms with Gasteiger partial charge in [-0.2, -0.15) is 0 Å². The van der Waals surface area contributed by atoms with Gasteiger partial charge in [-0.25, -0.2) is 0 Å². The Kier molecular flexibility index (Phi) is 6.99. The van der Waals surface area contributed by atoms with E-state index in [1.54, 1.807) is 36.1 Å². The summed E-state index contributed by atoms with van der Waals surface area (Å²) in [5.74, 6) is -1.40. The Balaban J connectivity index is 2.01. The van der Waals surface area contributed by atoms with Crippen LogP contribution in [0.2, 0.25) is 0 Å². The molecule has 1 heterocycles. The van der Waals surface area contributed by atoms with Gasteiger partial charge >= 0.3 is 5.97 Å². The number of hydrogen-bond donors (Lipinski definition) is 2. The molecule has 1 aliphatic rings. The van der Waals surface area contributed by atoms with Gasteiger partial charge in [0.1, 0.15) is 5.41 Å². The van der Waals surface area contributed by atoms with Crippen molar-refractivity contribution >= 4 is 17.8 Å². The molecule has 1 aromatic rings. The van der Waals surface area contributed by atoms with E-state index in [9.17, 15) is 19.5 Å². The molecule has 3 atom stereocenters. The molecule has 0 bridgehead atoms. The van der Waals surface area contributed by atoms with Gasteiger partial charge in [0.05, 0.1) is 5.92 Å². The summed E-state index contributed by atoms with van der Waals surface area (Å²) in [5, 5.41) is 12.5. The van der Waals surface area contributed by atoms with Gasteiger partial charge in [-0.15, -0.1) is 0 Å². The molecular weight excluding hydrogens is 344 g/mol. The van der Waals surface area contributed by atoms with Crippen molar-refractivity contribution in [2.75, 3.05) is 19.6 Å². The maximum atomic E-state index is 12.7. The second kappa shape index (κ2) is 9.02. The number of carboxylic acid groups (broad SMARTS) is 1. The van der Waals surface area contributed by atoms with Crippen LogP contribution in [0.25, 0.3) is 0 Å². The SMILES string of the molecule is CCC(C)C(=O)N1CCCC(C(=O)NCC(C)(C(=O)O)c2ccccc2)C1. The van der Waals surface area contributed by atoms with Gasteiger partial charge in [0.15, 0.2) is 0 Å². The second-order valence-electron chi connectivity index (χ2n) is 7.65. The summed E-state index contributed by atoms with van der Waals surface area (Å²) in [4.78, 5) is 38.7. The van der Waals surface area contributed by atoms with E-state index >= 15 is 0 Å². The molecule has 6 nitrogen and oxygen atoms in total. The number of carboxylic acids is 1. The minimum Gasteiger partial charge on any atom is -0.481 e. The number of nitrogens with one attached hydrogen (secondary N) is 1. The molecule has 1 aromatic carbocycles. The van der Waals surface area contributed by atoms with Gasteiger partial charge in [-0.05, 0) is 31.7 Å². The second-order valence-corrected chi connectivity index (χ2v) is 7.65. The van der Waals surface area contributed by atoms with Crippen LogP contribution in [0.4, 0.5) is 0 Å². The normalized spacial score (nSPS) is 20.4. The molecule has 6 heteroatoms. The van der Waals surface area contributed by atoms with Gasteiger partial charge in [0.2, 0.25) is 11.8 Å². The third-order valence-corrected chi connectivity index (χ3v) is 5.64. The highest BCUT2D eigenvalue weighted by atomic mass is 16.4. The first kappa shape index (κ1) is 20.9. The Hall–Kier alpha value is -2.37. The van der Waals surface area contributed by atoms with E-state index in [0.29, 0.717) is 25.1 Å². The fraction of sp³-hybridized carbons (Fsp3) is 0.571. The van der Waals surface area contributed by atoms with E-state index in [4.69, 9.17) is 0 Å². The Morgan fingerprint density at radius 3 is 2.56 bits per heavy atom. The summed E-state index contributed by atoms with van der Waals surface area (Å²) in [7, 11) is 0. The topological polar surface area (TPSA) is 86.7 Å². The monoisotopic (exact) mass is 374 g/mol. The van der Waals surface area contributed by atoms with Crippen LogP contribution >= 0.6 is 0 Å². The number of benzene rings is 1.